The molecule has 0 N–H and O–H groups in total. The van der Waals surface area contributed by atoms with Crippen molar-refractivity contribution in [3.05, 3.63) is 54.4 Å². The summed E-state index contributed by atoms with van der Waals surface area (Å²) in [5.41, 5.74) is 1.89. The molecular weight excluding hydrogens is 276 g/mol. The zero-order valence-corrected chi connectivity index (χ0v) is 12.4. The Morgan fingerprint density at radius 1 is 0.955 bits per heavy atom. The zero-order chi connectivity index (χ0) is 14.8. The lowest BCUT2D eigenvalue weighted by Crippen LogP contribution is -2.46. The van der Waals surface area contributed by atoms with Gasteiger partial charge in [-0.25, -0.2) is 4.98 Å². The predicted octanol–water partition coefficient (Wildman–Crippen LogP) is 2.55. The summed E-state index contributed by atoms with van der Waals surface area (Å²) in [6, 6.07) is 14.1. The molecule has 22 heavy (non-hydrogen) atoms. The first-order chi connectivity index (χ1) is 10.9. The van der Waals surface area contributed by atoms with Gasteiger partial charge in [0.05, 0.1) is 0 Å². The van der Waals surface area contributed by atoms with Crippen LogP contribution < -0.4 is 4.90 Å². The number of fused-ring (bicyclic) bond motifs is 1. The van der Waals surface area contributed by atoms with Crippen molar-refractivity contribution >= 4 is 16.8 Å². The Morgan fingerprint density at radius 2 is 1.77 bits per heavy atom. The van der Waals surface area contributed by atoms with Gasteiger partial charge in [-0.05, 0) is 24.3 Å². The third-order valence-electron chi connectivity index (χ3n) is 4.17. The SMILES string of the molecule is c1ccc(N2CCN(Cc3noc4ccccc34)CC2)nc1. The first-order valence-corrected chi connectivity index (χ1v) is 7.62. The first-order valence-electron chi connectivity index (χ1n) is 7.62. The molecule has 1 saturated heterocycles. The molecule has 2 aromatic heterocycles. The smallest absolute Gasteiger partial charge is 0.167 e. The van der Waals surface area contributed by atoms with E-state index in [1.165, 1.54) is 0 Å². The molecule has 1 fully saturated rings. The third kappa shape index (κ3) is 2.55. The molecule has 0 spiro atoms. The molecule has 5 heteroatoms. The summed E-state index contributed by atoms with van der Waals surface area (Å²) in [4.78, 5) is 9.18. The fourth-order valence-electron chi connectivity index (χ4n) is 2.94. The van der Waals surface area contributed by atoms with E-state index in [9.17, 15) is 0 Å². The Bertz CT molecular complexity index is 747. The summed E-state index contributed by atoms with van der Waals surface area (Å²) < 4.78 is 5.38. The predicted molar refractivity (Wildman–Crippen MR) is 85.7 cm³/mol. The quantitative estimate of drug-likeness (QED) is 0.743. The second-order valence-corrected chi connectivity index (χ2v) is 5.58. The molecule has 0 amide bonds. The number of hydrogen-bond acceptors (Lipinski definition) is 5. The lowest BCUT2D eigenvalue weighted by atomic mass is 10.2. The lowest BCUT2D eigenvalue weighted by molar-refractivity contribution is 0.243. The van der Waals surface area contributed by atoms with Gasteiger partial charge in [0, 0.05) is 44.3 Å². The summed E-state index contributed by atoms with van der Waals surface area (Å²) in [6.07, 6.45) is 1.85. The highest BCUT2D eigenvalue weighted by Gasteiger charge is 2.19. The summed E-state index contributed by atoms with van der Waals surface area (Å²) >= 11 is 0. The Hall–Kier alpha value is -2.40. The topological polar surface area (TPSA) is 45.4 Å². The number of hydrogen-bond donors (Lipinski definition) is 0. The molecule has 0 unspecified atom stereocenters. The van der Waals surface area contributed by atoms with E-state index in [1.807, 2.05) is 36.5 Å². The second kappa shape index (κ2) is 5.77. The first kappa shape index (κ1) is 13.3. The van der Waals surface area contributed by atoms with Crippen LogP contribution in [0.4, 0.5) is 5.82 Å². The maximum Gasteiger partial charge on any atom is 0.167 e. The van der Waals surface area contributed by atoms with Crippen LogP contribution in [0.2, 0.25) is 0 Å². The number of piperazine rings is 1. The van der Waals surface area contributed by atoms with Crippen LogP contribution in [-0.2, 0) is 6.54 Å². The van der Waals surface area contributed by atoms with Gasteiger partial charge in [0.15, 0.2) is 5.58 Å². The van der Waals surface area contributed by atoms with Crippen LogP contribution in [0, 0.1) is 0 Å². The number of nitrogens with zero attached hydrogens (tertiary/aromatic N) is 4. The van der Waals surface area contributed by atoms with Gasteiger partial charge in [-0.15, -0.1) is 0 Å². The second-order valence-electron chi connectivity index (χ2n) is 5.58. The fourth-order valence-corrected chi connectivity index (χ4v) is 2.94. The minimum absolute atomic E-state index is 0.840. The molecule has 3 aromatic rings. The Labute approximate surface area is 129 Å². The maximum absolute atomic E-state index is 5.38. The highest BCUT2D eigenvalue weighted by Crippen LogP contribution is 2.20. The average molecular weight is 294 g/mol. The molecule has 0 atom stereocenters. The van der Waals surface area contributed by atoms with E-state index in [0.717, 1.165) is 55.2 Å². The monoisotopic (exact) mass is 294 g/mol. The molecular formula is C17H18N4O. The molecule has 5 nitrogen and oxygen atoms in total. The van der Waals surface area contributed by atoms with Gasteiger partial charge in [0.2, 0.25) is 0 Å². The van der Waals surface area contributed by atoms with Gasteiger partial charge in [-0.2, -0.15) is 0 Å². The van der Waals surface area contributed by atoms with E-state index in [0.29, 0.717) is 0 Å². The van der Waals surface area contributed by atoms with E-state index in [-0.39, 0.29) is 0 Å². The molecule has 1 aliphatic heterocycles. The minimum Gasteiger partial charge on any atom is -0.356 e. The largest absolute Gasteiger partial charge is 0.356 e. The molecule has 1 aliphatic rings. The van der Waals surface area contributed by atoms with Crippen LogP contribution in [0.3, 0.4) is 0 Å². The van der Waals surface area contributed by atoms with Gasteiger partial charge in [0.1, 0.15) is 11.5 Å². The van der Waals surface area contributed by atoms with E-state index < -0.39 is 0 Å². The Morgan fingerprint density at radius 3 is 2.59 bits per heavy atom. The van der Waals surface area contributed by atoms with E-state index >= 15 is 0 Å². The number of benzene rings is 1. The number of pyridine rings is 1. The molecule has 3 heterocycles. The van der Waals surface area contributed by atoms with Crippen molar-refractivity contribution in [2.24, 2.45) is 0 Å². The van der Waals surface area contributed by atoms with Gasteiger partial charge in [-0.1, -0.05) is 23.4 Å². The molecule has 0 bridgehead atoms. The van der Waals surface area contributed by atoms with Gasteiger partial charge < -0.3 is 9.42 Å². The molecule has 1 aromatic carbocycles. The number of rotatable bonds is 3. The van der Waals surface area contributed by atoms with Gasteiger partial charge >= 0.3 is 0 Å². The van der Waals surface area contributed by atoms with Crippen molar-refractivity contribution in [1.29, 1.82) is 0 Å². The van der Waals surface area contributed by atoms with Crippen molar-refractivity contribution in [3.63, 3.8) is 0 Å². The zero-order valence-electron chi connectivity index (χ0n) is 12.4. The van der Waals surface area contributed by atoms with Crippen LogP contribution in [0.15, 0.2) is 53.2 Å². The fraction of sp³-hybridized carbons (Fsp3) is 0.294. The standard InChI is InChI=1S/C17H18N4O/c1-2-6-16-14(5-1)15(19-22-16)13-20-9-11-21(12-10-20)17-7-3-4-8-18-17/h1-8H,9-13H2. The maximum atomic E-state index is 5.38. The molecule has 0 aliphatic carbocycles. The van der Waals surface area contributed by atoms with Crippen molar-refractivity contribution in [1.82, 2.24) is 15.0 Å². The highest BCUT2D eigenvalue weighted by molar-refractivity contribution is 5.79. The normalized spacial score (nSPS) is 16.3. The summed E-state index contributed by atoms with van der Waals surface area (Å²) in [6.45, 7) is 4.85. The summed E-state index contributed by atoms with van der Waals surface area (Å²) in [5, 5.41) is 5.34. The molecule has 112 valence electrons. The molecule has 4 rings (SSSR count). The Kier molecular flexibility index (Phi) is 3.48. The Balaban J connectivity index is 1.42. The minimum atomic E-state index is 0.840. The van der Waals surface area contributed by atoms with Crippen molar-refractivity contribution in [2.75, 3.05) is 31.1 Å². The van der Waals surface area contributed by atoms with Crippen LogP contribution in [-0.4, -0.2) is 41.2 Å². The van der Waals surface area contributed by atoms with Crippen molar-refractivity contribution in [2.45, 2.75) is 6.54 Å². The number of anilines is 1. The van der Waals surface area contributed by atoms with E-state index in [2.05, 4.69) is 32.1 Å². The van der Waals surface area contributed by atoms with Crippen LogP contribution in [0.1, 0.15) is 5.69 Å². The summed E-state index contributed by atoms with van der Waals surface area (Å²) in [7, 11) is 0. The van der Waals surface area contributed by atoms with Crippen molar-refractivity contribution in [3.8, 4) is 0 Å². The van der Waals surface area contributed by atoms with Gasteiger partial charge in [-0.3, -0.25) is 4.90 Å². The average Bonchev–Trinajstić information content (AvgIpc) is 3.00. The highest BCUT2D eigenvalue weighted by atomic mass is 16.5. The number of para-hydroxylation sites is 1. The van der Waals surface area contributed by atoms with Crippen LogP contribution in [0.5, 0.6) is 0 Å². The summed E-state index contributed by atoms with van der Waals surface area (Å²) in [5.74, 6) is 1.06. The molecule has 0 saturated carbocycles. The number of aromatic nitrogens is 2. The van der Waals surface area contributed by atoms with E-state index in [4.69, 9.17) is 4.52 Å². The third-order valence-corrected chi connectivity index (χ3v) is 4.17. The van der Waals surface area contributed by atoms with Crippen molar-refractivity contribution < 1.29 is 4.52 Å². The lowest BCUT2D eigenvalue weighted by Gasteiger charge is -2.34. The van der Waals surface area contributed by atoms with E-state index in [1.54, 1.807) is 0 Å². The van der Waals surface area contributed by atoms with Crippen LogP contribution in [0.25, 0.3) is 11.0 Å². The van der Waals surface area contributed by atoms with Crippen LogP contribution >= 0.6 is 0 Å². The molecule has 0 radical (unpaired) electrons. The van der Waals surface area contributed by atoms with Gasteiger partial charge in [0.25, 0.3) is 0 Å².